The van der Waals surface area contributed by atoms with Crippen LogP contribution in [0, 0.1) is 6.92 Å². The molecule has 2 aromatic heterocycles. The number of aromatic nitrogens is 3. The van der Waals surface area contributed by atoms with Crippen LogP contribution in [0.5, 0.6) is 0 Å². The van der Waals surface area contributed by atoms with Gasteiger partial charge in [0, 0.05) is 23.2 Å². The minimum atomic E-state index is -0.473. The van der Waals surface area contributed by atoms with Gasteiger partial charge in [0.25, 0.3) is 17.8 Å². The van der Waals surface area contributed by atoms with Crippen molar-refractivity contribution < 1.29 is 9.59 Å². The Kier molecular flexibility index (Phi) is 3.80. The minimum absolute atomic E-state index is 0.0900. The van der Waals surface area contributed by atoms with Crippen molar-refractivity contribution in [3.63, 3.8) is 0 Å². The monoisotopic (exact) mass is 360 g/mol. The second-order valence-electron chi connectivity index (χ2n) is 6.18. The number of hydrogen-bond acceptors (Lipinski definition) is 4. The van der Waals surface area contributed by atoms with Crippen molar-refractivity contribution >= 4 is 40.2 Å². The Hall–Kier alpha value is -3.81. The standard InChI is InChI=1S/C19H16N6O2/c1-10-8-16(25(24-10)19-21-12(3)11(2)17(26)23-19)22-18(27)14-9-20-15-7-5-4-6-13(14)15/h4-9,20H,2H2,1,3H3,(H,22,27). The van der Waals surface area contributed by atoms with E-state index in [1.54, 1.807) is 26.1 Å². The lowest BCUT2D eigenvalue weighted by atomic mass is 10.1. The van der Waals surface area contributed by atoms with Crippen LogP contribution in [0.4, 0.5) is 5.82 Å². The molecule has 27 heavy (non-hydrogen) atoms. The number of rotatable bonds is 2. The van der Waals surface area contributed by atoms with Crippen molar-refractivity contribution in [2.75, 3.05) is 5.32 Å². The summed E-state index contributed by atoms with van der Waals surface area (Å²) in [5, 5.41) is 7.93. The van der Waals surface area contributed by atoms with Crippen LogP contribution in [0.2, 0.25) is 0 Å². The molecule has 4 rings (SSSR count). The highest BCUT2D eigenvalue weighted by atomic mass is 16.2. The van der Waals surface area contributed by atoms with Crippen LogP contribution in [0.25, 0.3) is 10.9 Å². The van der Waals surface area contributed by atoms with Crippen molar-refractivity contribution in [1.82, 2.24) is 14.8 Å². The van der Waals surface area contributed by atoms with E-state index in [2.05, 4.69) is 32.0 Å². The van der Waals surface area contributed by atoms with Crippen molar-refractivity contribution in [3.05, 3.63) is 59.9 Å². The molecular weight excluding hydrogens is 344 g/mol. The van der Waals surface area contributed by atoms with Gasteiger partial charge in [-0.1, -0.05) is 24.8 Å². The molecule has 1 aromatic carbocycles. The quantitative estimate of drug-likeness (QED) is 0.686. The molecule has 0 bridgehead atoms. The summed E-state index contributed by atoms with van der Waals surface area (Å²) in [6.45, 7) is 7.11. The Morgan fingerprint density at radius 2 is 2.00 bits per heavy atom. The summed E-state index contributed by atoms with van der Waals surface area (Å²) in [6.07, 6.45) is 1.65. The number of nitrogens with zero attached hydrogens (tertiary/aromatic N) is 4. The molecule has 3 heterocycles. The molecule has 3 aromatic rings. The number of carbonyl (C=O) groups excluding carboxylic acids is 2. The van der Waals surface area contributed by atoms with Crippen LogP contribution < -0.4 is 5.32 Å². The number of benzene rings is 1. The first-order valence-corrected chi connectivity index (χ1v) is 8.26. The van der Waals surface area contributed by atoms with Crippen LogP contribution >= 0.6 is 0 Å². The molecule has 0 spiro atoms. The minimum Gasteiger partial charge on any atom is -0.360 e. The third-order valence-electron chi connectivity index (χ3n) is 4.26. The Labute approximate surface area is 154 Å². The zero-order valence-electron chi connectivity index (χ0n) is 14.8. The topological polar surface area (TPSA) is 104 Å². The molecule has 8 nitrogen and oxygen atoms in total. The second-order valence-corrected chi connectivity index (χ2v) is 6.18. The molecule has 2 amide bonds. The van der Waals surface area contributed by atoms with Gasteiger partial charge in [-0.05, 0) is 19.9 Å². The normalized spacial score (nSPS) is 14.3. The number of para-hydroxylation sites is 1. The number of nitrogens with one attached hydrogen (secondary N) is 2. The van der Waals surface area contributed by atoms with Crippen LogP contribution in [0.1, 0.15) is 23.0 Å². The lowest BCUT2D eigenvalue weighted by Gasteiger charge is -2.12. The zero-order valence-corrected chi connectivity index (χ0v) is 14.8. The van der Waals surface area contributed by atoms with Gasteiger partial charge in [-0.25, -0.2) is 4.99 Å². The van der Waals surface area contributed by atoms with Crippen LogP contribution in [-0.4, -0.2) is 38.3 Å². The van der Waals surface area contributed by atoms with Crippen LogP contribution in [0.3, 0.4) is 0 Å². The molecule has 0 unspecified atom stereocenters. The summed E-state index contributed by atoms with van der Waals surface area (Å²) < 4.78 is 1.34. The van der Waals surface area contributed by atoms with Gasteiger partial charge in [0.1, 0.15) is 5.82 Å². The average Bonchev–Trinajstić information content (AvgIpc) is 3.22. The Morgan fingerprint density at radius 3 is 2.78 bits per heavy atom. The number of amides is 2. The third kappa shape index (κ3) is 2.86. The van der Waals surface area contributed by atoms with Crippen molar-refractivity contribution in [2.24, 2.45) is 9.98 Å². The summed E-state index contributed by atoms with van der Waals surface area (Å²) in [7, 11) is 0. The van der Waals surface area contributed by atoms with Crippen molar-refractivity contribution in [1.29, 1.82) is 0 Å². The number of aliphatic imine (C=N–C) groups is 2. The van der Waals surface area contributed by atoms with Gasteiger partial charge in [0.15, 0.2) is 0 Å². The van der Waals surface area contributed by atoms with Crippen LogP contribution in [0.15, 0.2) is 58.7 Å². The Bertz CT molecular complexity index is 1180. The number of carbonyl (C=O) groups is 2. The van der Waals surface area contributed by atoms with Gasteiger partial charge in [0.05, 0.1) is 22.5 Å². The Morgan fingerprint density at radius 1 is 1.22 bits per heavy atom. The molecule has 1 aliphatic rings. The highest BCUT2D eigenvalue weighted by Gasteiger charge is 2.22. The molecule has 0 radical (unpaired) electrons. The molecule has 8 heteroatoms. The summed E-state index contributed by atoms with van der Waals surface area (Å²) >= 11 is 0. The fourth-order valence-electron chi connectivity index (χ4n) is 2.83. The molecule has 0 saturated heterocycles. The van der Waals surface area contributed by atoms with E-state index in [4.69, 9.17) is 0 Å². The number of fused-ring (bicyclic) bond motifs is 1. The largest absolute Gasteiger partial charge is 0.360 e. The van der Waals surface area contributed by atoms with E-state index in [0.717, 1.165) is 10.9 Å². The lowest BCUT2D eigenvalue weighted by Crippen LogP contribution is -2.25. The number of aromatic amines is 1. The van der Waals surface area contributed by atoms with E-state index >= 15 is 0 Å². The van der Waals surface area contributed by atoms with E-state index in [9.17, 15) is 9.59 Å². The van der Waals surface area contributed by atoms with Crippen molar-refractivity contribution in [3.8, 4) is 0 Å². The number of anilines is 1. The number of aryl methyl sites for hydroxylation is 1. The SMILES string of the molecule is C=C1C(=O)N=C(n2nc(C)cc2NC(=O)c2c[nH]c3ccccc23)N=C1C. The zero-order chi connectivity index (χ0) is 19.1. The maximum Gasteiger partial charge on any atom is 0.281 e. The van der Waals surface area contributed by atoms with Gasteiger partial charge in [-0.15, -0.1) is 0 Å². The first-order chi connectivity index (χ1) is 12.9. The van der Waals surface area contributed by atoms with Gasteiger partial charge in [0.2, 0.25) is 0 Å². The molecule has 0 saturated carbocycles. The van der Waals surface area contributed by atoms with Crippen LogP contribution in [-0.2, 0) is 4.79 Å². The van der Waals surface area contributed by atoms with Gasteiger partial charge in [-0.3, -0.25) is 9.59 Å². The fraction of sp³-hybridized carbons (Fsp3) is 0.105. The molecular formula is C19H16N6O2. The summed E-state index contributed by atoms with van der Waals surface area (Å²) in [6, 6.07) is 9.22. The van der Waals surface area contributed by atoms with E-state index in [-0.39, 0.29) is 17.4 Å². The fourth-order valence-corrected chi connectivity index (χ4v) is 2.83. The molecule has 2 N–H and O–H groups in total. The van der Waals surface area contributed by atoms with E-state index < -0.39 is 5.91 Å². The first-order valence-electron chi connectivity index (χ1n) is 8.26. The Balaban J connectivity index is 1.70. The van der Waals surface area contributed by atoms with E-state index in [1.165, 1.54) is 4.68 Å². The maximum absolute atomic E-state index is 12.8. The summed E-state index contributed by atoms with van der Waals surface area (Å²) in [5.74, 6) is -0.313. The predicted octanol–water partition coefficient (Wildman–Crippen LogP) is 2.69. The molecule has 0 aliphatic carbocycles. The average molecular weight is 360 g/mol. The van der Waals surface area contributed by atoms with E-state index in [1.807, 2.05) is 24.3 Å². The lowest BCUT2D eigenvalue weighted by molar-refractivity contribution is -0.113. The van der Waals surface area contributed by atoms with Gasteiger partial charge < -0.3 is 10.3 Å². The third-order valence-corrected chi connectivity index (χ3v) is 4.26. The molecule has 0 atom stereocenters. The second kappa shape index (κ2) is 6.17. The maximum atomic E-state index is 12.8. The smallest absolute Gasteiger partial charge is 0.281 e. The molecule has 0 fully saturated rings. The van der Waals surface area contributed by atoms with Crippen molar-refractivity contribution in [2.45, 2.75) is 13.8 Å². The predicted molar refractivity (Wildman–Crippen MR) is 103 cm³/mol. The highest BCUT2D eigenvalue weighted by molar-refractivity contribution is 6.28. The van der Waals surface area contributed by atoms with Gasteiger partial charge in [-0.2, -0.15) is 14.8 Å². The highest BCUT2D eigenvalue weighted by Crippen LogP contribution is 2.20. The number of H-pyrrole nitrogens is 1. The summed E-state index contributed by atoms with van der Waals surface area (Å²) in [4.78, 5) is 36.0. The molecule has 134 valence electrons. The summed E-state index contributed by atoms with van der Waals surface area (Å²) in [5.41, 5.74) is 2.73. The first kappa shape index (κ1) is 16.6. The number of hydrogen-bond donors (Lipinski definition) is 2. The molecule has 1 aliphatic heterocycles. The van der Waals surface area contributed by atoms with Gasteiger partial charge >= 0.3 is 0 Å². The van der Waals surface area contributed by atoms with E-state index in [0.29, 0.717) is 22.8 Å².